The van der Waals surface area contributed by atoms with E-state index < -0.39 is 6.09 Å². The molecule has 0 atom stereocenters. The van der Waals surface area contributed by atoms with Crippen molar-refractivity contribution in [2.24, 2.45) is 5.92 Å². The third kappa shape index (κ3) is 3.54. The quantitative estimate of drug-likeness (QED) is 0.916. The minimum atomic E-state index is -0.406. The predicted octanol–water partition coefficient (Wildman–Crippen LogP) is 4.27. The van der Waals surface area contributed by atoms with Gasteiger partial charge in [-0.1, -0.05) is 19.3 Å². The Morgan fingerprint density at radius 3 is 3.00 bits per heavy atom. The van der Waals surface area contributed by atoms with E-state index in [9.17, 15) is 4.79 Å². The van der Waals surface area contributed by atoms with Gasteiger partial charge in [0.2, 0.25) is 0 Å². The number of aryl methyl sites for hydroxylation is 1. The van der Waals surface area contributed by atoms with E-state index in [4.69, 9.17) is 9.15 Å². The number of nitrogens with zero attached hydrogens (tertiary/aromatic N) is 1. The van der Waals surface area contributed by atoms with Crippen molar-refractivity contribution in [1.29, 1.82) is 0 Å². The average Bonchev–Trinajstić information content (AvgIpc) is 2.85. The summed E-state index contributed by atoms with van der Waals surface area (Å²) in [5.41, 5.74) is 2.11. The topological polar surface area (TPSA) is 64.4 Å². The summed E-state index contributed by atoms with van der Waals surface area (Å²) in [5.74, 6) is 1.13. The van der Waals surface area contributed by atoms with Gasteiger partial charge in [-0.05, 0) is 30.9 Å². The molecule has 5 nitrogen and oxygen atoms in total. The number of carbonyl (C=O) groups is 1. The van der Waals surface area contributed by atoms with E-state index in [0.717, 1.165) is 18.4 Å². The molecule has 1 aromatic carbocycles. The Morgan fingerprint density at radius 1 is 1.38 bits per heavy atom. The van der Waals surface area contributed by atoms with Crippen molar-refractivity contribution < 1.29 is 13.9 Å². The third-order valence-electron chi connectivity index (χ3n) is 3.92. The average molecular weight is 288 g/mol. The molecule has 0 aliphatic heterocycles. The second-order valence-electron chi connectivity index (χ2n) is 5.64. The van der Waals surface area contributed by atoms with Crippen LogP contribution in [0.15, 0.2) is 22.6 Å². The predicted molar refractivity (Wildman–Crippen MR) is 80.3 cm³/mol. The Kier molecular flexibility index (Phi) is 4.08. The number of rotatable bonds is 3. The molecule has 0 bridgehead atoms. The Labute approximate surface area is 123 Å². The number of oxazole rings is 1. The molecule has 1 amide bonds. The SMILES string of the molecule is Cc1nc2ccc(NC(=O)OCC3CCCCC3)cc2o1. The van der Waals surface area contributed by atoms with Crippen LogP contribution in [0.2, 0.25) is 0 Å². The molecule has 1 fully saturated rings. The zero-order chi connectivity index (χ0) is 14.7. The van der Waals surface area contributed by atoms with Crippen LogP contribution in [0.3, 0.4) is 0 Å². The second kappa shape index (κ2) is 6.16. The summed E-state index contributed by atoms with van der Waals surface area (Å²) in [5, 5.41) is 2.73. The van der Waals surface area contributed by atoms with Crippen LogP contribution in [-0.4, -0.2) is 17.7 Å². The fraction of sp³-hybridized carbons (Fsp3) is 0.500. The van der Waals surface area contributed by atoms with Crippen LogP contribution in [-0.2, 0) is 4.74 Å². The first-order valence-corrected chi connectivity index (χ1v) is 7.52. The smallest absolute Gasteiger partial charge is 0.411 e. The highest BCUT2D eigenvalue weighted by Crippen LogP contribution is 2.24. The van der Waals surface area contributed by atoms with Gasteiger partial charge in [-0.2, -0.15) is 0 Å². The molecule has 1 aliphatic rings. The Balaban J connectivity index is 1.55. The molecule has 1 saturated carbocycles. The van der Waals surface area contributed by atoms with Crippen LogP contribution < -0.4 is 5.32 Å². The number of hydrogen-bond donors (Lipinski definition) is 1. The van der Waals surface area contributed by atoms with Gasteiger partial charge in [0.15, 0.2) is 11.5 Å². The molecule has 5 heteroatoms. The lowest BCUT2D eigenvalue weighted by atomic mass is 9.90. The van der Waals surface area contributed by atoms with E-state index in [-0.39, 0.29) is 0 Å². The second-order valence-corrected chi connectivity index (χ2v) is 5.64. The van der Waals surface area contributed by atoms with Crippen molar-refractivity contribution in [3.63, 3.8) is 0 Å². The lowest BCUT2D eigenvalue weighted by Gasteiger charge is -2.21. The van der Waals surface area contributed by atoms with E-state index >= 15 is 0 Å². The van der Waals surface area contributed by atoms with E-state index in [1.54, 1.807) is 19.1 Å². The number of carbonyl (C=O) groups excluding carboxylic acids is 1. The van der Waals surface area contributed by atoms with Gasteiger partial charge >= 0.3 is 6.09 Å². The van der Waals surface area contributed by atoms with Gasteiger partial charge < -0.3 is 9.15 Å². The number of amides is 1. The first-order valence-electron chi connectivity index (χ1n) is 7.52. The molecule has 112 valence electrons. The molecule has 0 radical (unpaired) electrons. The fourth-order valence-corrected chi connectivity index (χ4v) is 2.82. The van der Waals surface area contributed by atoms with E-state index in [1.807, 2.05) is 6.07 Å². The van der Waals surface area contributed by atoms with Crippen LogP contribution in [0.4, 0.5) is 10.5 Å². The Bertz CT molecular complexity index is 629. The maximum Gasteiger partial charge on any atom is 0.411 e. The number of ether oxygens (including phenoxy) is 1. The van der Waals surface area contributed by atoms with Crippen molar-refractivity contribution in [1.82, 2.24) is 4.98 Å². The summed E-state index contributed by atoms with van der Waals surface area (Å²) in [6, 6.07) is 5.38. The number of anilines is 1. The van der Waals surface area contributed by atoms with Gasteiger partial charge in [-0.25, -0.2) is 9.78 Å². The van der Waals surface area contributed by atoms with Crippen molar-refractivity contribution in [2.45, 2.75) is 39.0 Å². The molecule has 0 spiro atoms. The first-order chi connectivity index (χ1) is 10.2. The molecule has 0 unspecified atom stereocenters. The lowest BCUT2D eigenvalue weighted by Crippen LogP contribution is -2.20. The molecule has 1 aromatic heterocycles. The molecule has 1 N–H and O–H groups in total. The largest absolute Gasteiger partial charge is 0.449 e. The van der Waals surface area contributed by atoms with Crippen molar-refractivity contribution in [3.05, 3.63) is 24.1 Å². The number of hydrogen-bond acceptors (Lipinski definition) is 4. The maximum atomic E-state index is 11.8. The first kappa shape index (κ1) is 13.9. The van der Waals surface area contributed by atoms with Crippen molar-refractivity contribution in [3.8, 4) is 0 Å². The van der Waals surface area contributed by atoms with Crippen molar-refractivity contribution in [2.75, 3.05) is 11.9 Å². The van der Waals surface area contributed by atoms with Crippen LogP contribution in [0.5, 0.6) is 0 Å². The van der Waals surface area contributed by atoms with Gasteiger partial charge in [-0.15, -0.1) is 0 Å². The standard InChI is InChI=1S/C16H20N2O3/c1-11-17-14-8-7-13(9-15(14)21-11)18-16(19)20-10-12-5-3-2-4-6-12/h7-9,12H,2-6,10H2,1H3,(H,18,19). The van der Waals surface area contributed by atoms with Crippen LogP contribution in [0, 0.1) is 12.8 Å². The van der Waals surface area contributed by atoms with Gasteiger partial charge in [0, 0.05) is 18.7 Å². The molecule has 0 saturated heterocycles. The van der Waals surface area contributed by atoms with Crippen LogP contribution in [0.1, 0.15) is 38.0 Å². The molecule has 1 aliphatic carbocycles. The van der Waals surface area contributed by atoms with Gasteiger partial charge in [0.05, 0.1) is 6.61 Å². The van der Waals surface area contributed by atoms with Crippen LogP contribution in [0.25, 0.3) is 11.1 Å². The highest BCUT2D eigenvalue weighted by molar-refractivity contribution is 5.88. The van der Waals surface area contributed by atoms with Gasteiger partial charge in [-0.3, -0.25) is 5.32 Å². The molecule has 21 heavy (non-hydrogen) atoms. The van der Waals surface area contributed by atoms with E-state index in [1.165, 1.54) is 19.3 Å². The zero-order valence-corrected chi connectivity index (χ0v) is 12.2. The normalized spacial score (nSPS) is 16.0. The van der Waals surface area contributed by atoms with E-state index in [0.29, 0.717) is 29.7 Å². The van der Waals surface area contributed by atoms with E-state index in [2.05, 4.69) is 10.3 Å². The summed E-state index contributed by atoms with van der Waals surface area (Å²) >= 11 is 0. The number of aromatic nitrogens is 1. The molecular formula is C16H20N2O3. The monoisotopic (exact) mass is 288 g/mol. The minimum absolute atomic E-state index is 0.406. The third-order valence-corrected chi connectivity index (χ3v) is 3.92. The Hall–Kier alpha value is -2.04. The minimum Gasteiger partial charge on any atom is -0.449 e. The summed E-state index contributed by atoms with van der Waals surface area (Å²) in [6.45, 7) is 2.31. The summed E-state index contributed by atoms with van der Waals surface area (Å²) < 4.78 is 10.7. The summed E-state index contributed by atoms with van der Waals surface area (Å²) in [6.07, 6.45) is 5.72. The highest BCUT2D eigenvalue weighted by atomic mass is 16.5. The number of benzene rings is 1. The maximum absolute atomic E-state index is 11.8. The van der Waals surface area contributed by atoms with Crippen LogP contribution >= 0.6 is 0 Å². The lowest BCUT2D eigenvalue weighted by molar-refractivity contribution is 0.128. The highest BCUT2D eigenvalue weighted by Gasteiger charge is 2.15. The molecule has 3 rings (SSSR count). The fourth-order valence-electron chi connectivity index (χ4n) is 2.82. The van der Waals surface area contributed by atoms with Gasteiger partial charge in [0.1, 0.15) is 5.52 Å². The molecule has 2 aromatic rings. The molecule has 1 heterocycles. The number of fused-ring (bicyclic) bond motifs is 1. The summed E-state index contributed by atoms with van der Waals surface area (Å²) in [4.78, 5) is 16.0. The molecular weight excluding hydrogens is 268 g/mol. The zero-order valence-electron chi connectivity index (χ0n) is 12.2. The van der Waals surface area contributed by atoms with Gasteiger partial charge in [0.25, 0.3) is 0 Å². The number of nitrogens with one attached hydrogen (secondary N) is 1. The van der Waals surface area contributed by atoms with Crippen molar-refractivity contribution >= 4 is 22.9 Å². The Morgan fingerprint density at radius 2 is 2.19 bits per heavy atom. The summed E-state index contributed by atoms with van der Waals surface area (Å²) in [7, 11) is 0.